The number of anilines is 2. The largest absolute Gasteiger partial charge is 0.495 e. The second-order valence-corrected chi connectivity index (χ2v) is 11.0. The number of nitrogen functional groups attached to an aromatic ring is 1. The lowest BCUT2D eigenvalue weighted by atomic mass is 10.0. The highest BCUT2D eigenvalue weighted by Crippen LogP contribution is 2.41. The van der Waals surface area contributed by atoms with Crippen molar-refractivity contribution in [3.05, 3.63) is 101 Å². The fourth-order valence-corrected chi connectivity index (χ4v) is 6.13. The first kappa shape index (κ1) is 28.1. The number of fused-ring (bicyclic) bond motifs is 2. The molecule has 0 spiro atoms. The van der Waals surface area contributed by atoms with Crippen LogP contribution in [0.3, 0.4) is 0 Å². The van der Waals surface area contributed by atoms with E-state index in [-0.39, 0.29) is 5.91 Å². The summed E-state index contributed by atoms with van der Waals surface area (Å²) in [6.45, 7) is 3.23. The number of aromatic nitrogens is 4. The van der Waals surface area contributed by atoms with Crippen LogP contribution in [0.2, 0.25) is 0 Å². The number of pyridine rings is 1. The van der Waals surface area contributed by atoms with E-state index in [1.807, 2.05) is 67.1 Å². The third-order valence-corrected chi connectivity index (χ3v) is 8.33. The maximum absolute atomic E-state index is 13.2. The predicted octanol–water partition coefficient (Wildman–Crippen LogP) is 6.20. The number of nitrogens with one attached hydrogen (secondary N) is 2. The van der Waals surface area contributed by atoms with Crippen molar-refractivity contribution in [2.45, 2.75) is 13.5 Å². The lowest BCUT2D eigenvalue weighted by Gasteiger charge is -2.13. The van der Waals surface area contributed by atoms with Crippen LogP contribution in [-0.2, 0) is 13.6 Å². The second-order valence-electron chi connectivity index (χ2n) is 10.2. The predicted molar refractivity (Wildman–Crippen MR) is 174 cm³/mol. The topological polar surface area (TPSA) is 120 Å². The van der Waals surface area contributed by atoms with Gasteiger partial charge in [0.05, 0.1) is 24.2 Å². The molecule has 0 aliphatic carbocycles. The fourth-order valence-electron chi connectivity index (χ4n) is 5.05. The summed E-state index contributed by atoms with van der Waals surface area (Å²) in [5.74, 6) is 0.805. The normalized spacial score (nSPS) is 11.5. The molecule has 0 unspecified atom stereocenters. The SMILES string of the molecule is COc1cc(-c2csc3c(C=CCNCc4cnc(C)cn4)cnc(N)c23)ccc1NC(=O)c1cc2ccccc2n1C. The number of aryl methyl sites for hydroxylation is 2. The van der Waals surface area contributed by atoms with Crippen LogP contribution < -0.4 is 21.1 Å². The smallest absolute Gasteiger partial charge is 0.272 e. The van der Waals surface area contributed by atoms with E-state index in [1.54, 1.807) is 37.0 Å². The van der Waals surface area contributed by atoms with E-state index < -0.39 is 0 Å². The molecule has 10 heteroatoms. The van der Waals surface area contributed by atoms with Gasteiger partial charge in [-0.3, -0.25) is 14.8 Å². The number of nitrogens with zero attached hydrogens (tertiary/aromatic N) is 4. The van der Waals surface area contributed by atoms with Crippen molar-refractivity contribution >= 4 is 55.8 Å². The van der Waals surface area contributed by atoms with Crippen molar-refractivity contribution in [1.29, 1.82) is 0 Å². The Morgan fingerprint density at radius 1 is 1.09 bits per heavy atom. The summed E-state index contributed by atoms with van der Waals surface area (Å²) in [4.78, 5) is 26.4. The van der Waals surface area contributed by atoms with Gasteiger partial charge < -0.3 is 25.7 Å². The molecular weight excluding hydrogens is 558 g/mol. The number of methoxy groups -OCH3 is 1. The fraction of sp³-hybridized carbons (Fsp3) is 0.152. The molecule has 0 aliphatic rings. The number of para-hydroxylation sites is 1. The van der Waals surface area contributed by atoms with Gasteiger partial charge in [-0.05, 0) is 42.1 Å². The summed E-state index contributed by atoms with van der Waals surface area (Å²) in [5, 5.41) is 10.4. The molecule has 216 valence electrons. The Kier molecular flexibility index (Phi) is 7.86. The summed E-state index contributed by atoms with van der Waals surface area (Å²) in [7, 11) is 3.48. The van der Waals surface area contributed by atoms with E-state index >= 15 is 0 Å². The van der Waals surface area contributed by atoms with Crippen molar-refractivity contribution in [3.8, 4) is 16.9 Å². The molecule has 9 nitrogen and oxygen atoms in total. The summed E-state index contributed by atoms with van der Waals surface area (Å²) in [5.41, 5.74) is 13.2. The van der Waals surface area contributed by atoms with E-state index in [2.05, 4.69) is 43.1 Å². The Bertz CT molecular complexity index is 1980. The third kappa shape index (κ3) is 5.70. The molecule has 1 amide bonds. The Balaban J connectivity index is 1.21. The molecule has 0 saturated heterocycles. The molecule has 4 heterocycles. The van der Waals surface area contributed by atoms with E-state index in [9.17, 15) is 4.79 Å². The quantitative estimate of drug-likeness (QED) is 0.172. The Morgan fingerprint density at radius 3 is 2.74 bits per heavy atom. The van der Waals surface area contributed by atoms with Gasteiger partial charge in [0.2, 0.25) is 0 Å². The number of ether oxygens (including phenoxy) is 1. The van der Waals surface area contributed by atoms with Gasteiger partial charge in [0.15, 0.2) is 0 Å². The van der Waals surface area contributed by atoms with Crippen LogP contribution in [-0.4, -0.2) is 39.1 Å². The molecule has 43 heavy (non-hydrogen) atoms. The second kappa shape index (κ2) is 12.0. The number of amides is 1. The molecule has 0 bridgehead atoms. The monoisotopic (exact) mass is 589 g/mol. The lowest BCUT2D eigenvalue weighted by molar-refractivity contribution is 0.101. The highest BCUT2D eigenvalue weighted by molar-refractivity contribution is 7.18. The standard InChI is InChI=1S/C33H31N7O2S/c1-20-15-37-24(18-36-20)17-35-12-6-8-23-16-38-32(34)30-25(19-43-31(23)30)21-10-11-26(29(14-21)42-3)39-33(41)28-13-22-7-4-5-9-27(22)40(28)2/h4-11,13-16,18-19,35H,12,17H2,1-3H3,(H2,34,38)(H,39,41). The maximum Gasteiger partial charge on any atom is 0.272 e. The number of carbonyl (C=O) groups is 1. The van der Waals surface area contributed by atoms with Gasteiger partial charge in [-0.2, -0.15) is 0 Å². The molecular formula is C33H31N7O2S. The van der Waals surface area contributed by atoms with Crippen LogP contribution in [0, 0.1) is 6.92 Å². The first-order chi connectivity index (χ1) is 20.9. The van der Waals surface area contributed by atoms with Crippen molar-refractivity contribution < 1.29 is 9.53 Å². The Hall–Kier alpha value is -5.06. The van der Waals surface area contributed by atoms with Crippen LogP contribution >= 0.6 is 11.3 Å². The van der Waals surface area contributed by atoms with Crippen LogP contribution in [0.25, 0.3) is 38.2 Å². The number of nitrogens with two attached hydrogens (primary N) is 1. The summed E-state index contributed by atoms with van der Waals surface area (Å²) in [6, 6.07) is 15.5. The molecule has 0 fully saturated rings. The lowest BCUT2D eigenvalue weighted by Crippen LogP contribution is -2.16. The highest BCUT2D eigenvalue weighted by atomic mass is 32.1. The maximum atomic E-state index is 13.2. The van der Waals surface area contributed by atoms with Crippen molar-refractivity contribution in [2.75, 3.05) is 24.7 Å². The van der Waals surface area contributed by atoms with Crippen molar-refractivity contribution in [2.24, 2.45) is 7.05 Å². The molecule has 0 saturated carbocycles. The van der Waals surface area contributed by atoms with Crippen LogP contribution in [0.15, 0.2) is 78.6 Å². The van der Waals surface area contributed by atoms with Gasteiger partial charge in [-0.15, -0.1) is 11.3 Å². The van der Waals surface area contributed by atoms with E-state index in [0.717, 1.165) is 49.1 Å². The average Bonchev–Trinajstić information content (AvgIpc) is 3.62. The average molecular weight is 590 g/mol. The minimum absolute atomic E-state index is 0.211. The number of carbonyl (C=O) groups excluding carboxylic acids is 1. The third-order valence-electron chi connectivity index (χ3n) is 7.30. The zero-order valence-corrected chi connectivity index (χ0v) is 24.9. The van der Waals surface area contributed by atoms with Crippen molar-refractivity contribution in [1.82, 2.24) is 24.8 Å². The molecule has 0 radical (unpaired) electrons. The minimum Gasteiger partial charge on any atom is -0.495 e. The molecule has 4 N–H and O–H groups in total. The molecule has 6 rings (SSSR count). The Labute approximate surface area is 253 Å². The van der Waals surface area contributed by atoms with Crippen LogP contribution in [0.5, 0.6) is 5.75 Å². The number of hydrogen-bond acceptors (Lipinski definition) is 8. The minimum atomic E-state index is -0.211. The molecule has 0 atom stereocenters. The van der Waals surface area contributed by atoms with Crippen molar-refractivity contribution in [3.63, 3.8) is 0 Å². The molecule has 6 aromatic rings. The zero-order chi connectivity index (χ0) is 29.9. The van der Waals surface area contributed by atoms with E-state index in [4.69, 9.17) is 10.5 Å². The first-order valence-corrected chi connectivity index (χ1v) is 14.7. The van der Waals surface area contributed by atoms with Gasteiger partial charge >= 0.3 is 0 Å². The van der Waals surface area contributed by atoms with Gasteiger partial charge in [0.25, 0.3) is 5.91 Å². The first-order valence-electron chi connectivity index (χ1n) is 13.8. The number of hydrogen-bond donors (Lipinski definition) is 3. The Morgan fingerprint density at radius 2 is 1.95 bits per heavy atom. The number of rotatable bonds is 9. The van der Waals surface area contributed by atoms with Gasteiger partial charge in [-0.1, -0.05) is 36.4 Å². The molecule has 2 aromatic carbocycles. The summed E-state index contributed by atoms with van der Waals surface area (Å²) >= 11 is 1.62. The summed E-state index contributed by atoms with van der Waals surface area (Å²) in [6.07, 6.45) is 9.46. The van der Waals surface area contributed by atoms with Gasteiger partial charge in [0, 0.05) is 70.8 Å². The summed E-state index contributed by atoms with van der Waals surface area (Å²) < 4.78 is 8.64. The van der Waals surface area contributed by atoms with Crippen LogP contribution in [0.4, 0.5) is 11.5 Å². The van der Waals surface area contributed by atoms with E-state index in [1.165, 1.54) is 0 Å². The van der Waals surface area contributed by atoms with E-state index in [0.29, 0.717) is 36.0 Å². The van der Waals surface area contributed by atoms with Gasteiger partial charge in [0.1, 0.15) is 17.3 Å². The number of benzene rings is 2. The highest BCUT2D eigenvalue weighted by Gasteiger charge is 2.18. The van der Waals surface area contributed by atoms with Crippen LogP contribution in [0.1, 0.15) is 27.4 Å². The van der Waals surface area contributed by atoms with Gasteiger partial charge in [-0.25, -0.2) is 4.98 Å². The molecule has 4 aromatic heterocycles. The number of thiophene rings is 1. The zero-order valence-electron chi connectivity index (χ0n) is 24.1. The molecule has 0 aliphatic heterocycles.